The van der Waals surface area contributed by atoms with Crippen LogP contribution in [-0.2, 0) is 17.9 Å². The highest BCUT2D eigenvalue weighted by molar-refractivity contribution is 6.30. The monoisotopic (exact) mass is 439 g/mol. The summed E-state index contributed by atoms with van der Waals surface area (Å²) < 4.78 is 24.0. The first-order valence-electron chi connectivity index (χ1n) is 9.52. The Morgan fingerprint density at radius 1 is 1.10 bits per heavy atom. The Morgan fingerprint density at radius 2 is 1.94 bits per heavy atom. The molecule has 0 aliphatic carbocycles. The van der Waals surface area contributed by atoms with Gasteiger partial charge in [0.05, 0.1) is 38.6 Å². The van der Waals surface area contributed by atoms with Crippen LogP contribution in [0.25, 0.3) is 23.0 Å². The lowest BCUT2D eigenvalue weighted by molar-refractivity contribution is -0.00117. The van der Waals surface area contributed by atoms with E-state index in [0.29, 0.717) is 46.8 Å². The molecule has 9 nitrogen and oxygen atoms in total. The Labute approximate surface area is 182 Å². The van der Waals surface area contributed by atoms with E-state index in [9.17, 15) is 0 Å². The average Bonchev–Trinajstić information content (AvgIpc) is 3.45. The molecule has 0 saturated carbocycles. The fourth-order valence-electron chi connectivity index (χ4n) is 3.47. The highest BCUT2D eigenvalue weighted by atomic mass is 35.5. The van der Waals surface area contributed by atoms with Crippen LogP contribution in [0.2, 0.25) is 5.02 Å². The van der Waals surface area contributed by atoms with Gasteiger partial charge in [0, 0.05) is 11.1 Å². The van der Waals surface area contributed by atoms with E-state index in [0.717, 1.165) is 11.3 Å². The summed E-state index contributed by atoms with van der Waals surface area (Å²) in [6, 6.07) is 13.0. The maximum Gasteiger partial charge on any atom is 0.280 e. The van der Waals surface area contributed by atoms with Gasteiger partial charge in [0.15, 0.2) is 5.69 Å². The summed E-state index contributed by atoms with van der Waals surface area (Å²) in [5, 5.41) is 13.3. The second kappa shape index (κ2) is 8.01. The molecule has 158 valence electrons. The zero-order valence-corrected chi connectivity index (χ0v) is 17.5. The molecular weight excluding hydrogens is 422 g/mol. The lowest BCUT2D eigenvalue weighted by atomic mass is 10.1. The van der Waals surface area contributed by atoms with E-state index in [-0.39, 0.29) is 12.0 Å². The Balaban J connectivity index is 1.42. The normalized spacial score (nSPS) is 15.5. The molecule has 0 saturated heterocycles. The molecule has 10 heteroatoms. The van der Waals surface area contributed by atoms with Crippen molar-refractivity contribution in [3.8, 4) is 34.5 Å². The first-order chi connectivity index (χ1) is 15.2. The van der Waals surface area contributed by atoms with Crippen LogP contribution >= 0.6 is 11.6 Å². The van der Waals surface area contributed by atoms with Crippen LogP contribution in [0.4, 0.5) is 0 Å². The van der Waals surface area contributed by atoms with Crippen molar-refractivity contribution in [3.05, 3.63) is 58.7 Å². The van der Waals surface area contributed by atoms with Crippen molar-refractivity contribution in [3.63, 3.8) is 0 Å². The van der Waals surface area contributed by atoms with Gasteiger partial charge in [-0.2, -0.15) is 4.98 Å². The standard InChI is InChI=1S/C21H18ClN5O4/c1-28-14-7-8-15(17(9-14)29-2)20-23-21(31-25-20)19-16-11-30-18(10-27(16)26-24-19)12-3-5-13(22)6-4-12/h3-9,18H,10-11H2,1-2H3/t18-/m0/s1. The van der Waals surface area contributed by atoms with E-state index >= 15 is 0 Å². The molecule has 5 rings (SSSR count). The molecule has 31 heavy (non-hydrogen) atoms. The smallest absolute Gasteiger partial charge is 0.280 e. The second-order valence-corrected chi connectivity index (χ2v) is 7.34. The minimum absolute atomic E-state index is 0.138. The van der Waals surface area contributed by atoms with Crippen LogP contribution in [0.15, 0.2) is 47.0 Å². The highest BCUT2D eigenvalue weighted by Gasteiger charge is 2.28. The third-order valence-corrected chi connectivity index (χ3v) is 5.37. The van der Waals surface area contributed by atoms with Gasteiger partial charge in [-0.25, -0.2) is 4.68 Å². The van der Waals surface area contributed by atoms with E-state index in [4.69, 9.17) is 30.3 Å². The number of fused-ring (bicyclic) bond motifs is 1. The van der Waals surface area contributed by atoms with Crippen molar-refractivity contribution in [1.29, 1.82) is 0 Å². The van der Waals surface area contributed by atoms with Gasteiger partial charge in [0.2, 0.25) is 5.82 Å². The molecule has 0 fully saturated rings. The van der Waals surface area contributed by atoms with E-state index in [1.165, 1.54) is 0 Å². The van der Waals surface area contributed by atoms with Crippen molar-refractivity contribution in [2.45, 2.75) is 19.3 Å². The van der Waals surface area contributed by atoms with Gasteiger partial charge in [0.25, 0.3) is 5.89 Å². The van der Waals surface area contributed by atoms with Crippen molar-refractivity contribution in [2.24, 2.45) is 0 Å². The van der Waals surface area contributed by atoms with Gasteiger partial charge < -0.3 is 18.7 Å². The molecule has 0 unspecified atom stereocenters. The number of benzene rings is 2. The molecule has 1 atom stereocenters. The Hall–Kier alpha value is -3.43. The number of ether oxygens (including phenoxy) is 3. The number of rotatable bonds is 5. The fourth-order valence-corrected chi connectivity index (χ4v) is 3.60. The van der Waals surface area contributed by atoms with Crippen LogP contribution in [0, 0.1) is 0 Å². The van der Waals surface area contributed by atoms with Crippen molar-refractivity contribution >= 4 is 11.6 Å². The third kappa shape index (κ3) is 3.62. The minimum Gasteiger partial charge on any atom is -0.497 e. The van der Waals surface area contributed by atoms with Crippen molar-refractivity contribution in [2.75, 3.05) is 14.2 Å². The van der Waals surface area contributed by atoms with Crippen molar-refractivity contribution < 1.29 is 18.7 Å². The molecular formula is C21H18ClN5O4. The van der Waals surface area contributed by atoms with Gasteiger partial charge in [-0.05, 0) is 29.8 Å². The third-order valence-electron chi connectivity index (χ3n) is 5.12. The first kappa shape index (κ1) is 19.5. The summed E-state index contributed by atoms with van der Waals surface area (Å²) in [5.74, 6) is 1.89. The highest BCUT2D eigenvalue weighted by Crippen LogP contribution is 2.34. The molecule has 4 aromatic rings. The summed E-state index contributed by atoms with van der Waals surface area (Å²) in [4.78, 5) is 4.50. The fraction of sp³-hybridized carbons (Fsp3) is 0.238. The number of methoxy groups -OCH3 is 2. The molecule has 0 bridgehead atoms. The first-order valence-corrected chi connectivity index (χ1v) is 9.90. The van der Waals surface area contributed by atoms with Gasteiger partial charge in [0.1, 0.15) is 17.6 Å². The number of hydrogen-bond donors (Lipinski definition) is 0. The molecule has 0 amide bonds. The summed E-state index contributed by atoms with van der Waals surface area (Å²) in [6.45, 7) is 0.844. The average molecular weight is 440 g/mol. The summed E-state index contributed by atoms with van der Waals surface area (Å²) in [5.41, 5.74) is 2.99. The van der Waals surface area contributed by atoms with E-state index in [1.807, 2.05) is 30.3 Å². The maximum atomic E-state index is 6.04. The quantitative estimate of drug-likeness (QED) is 0.461. The molecule has 3 heterocycles. The number of halogens is 1. The zero-order valence-electron chi connectivity index (χ0n) is 16.8. The van der Waals surface area contributed by atoms with Crippen LogP contribution in [-0.4, -0.2) is 39.4 Å². The Bertz CT molecular complexity index is 1220. The van der Waals surface area contributed by atoms with Crippen LogP contribution in [0.3, 0.4) is 0 Å². The number of hydrogen-bond acceptors (Lipinski definition) is 8. The molecule has 1 aliphatic heterocycles. The minimum atomic E-state index is -0.138. The van der Waals surface area contributed by atoms with Gasteiger partial charge in [-0.1, -0.05) is 34.1 Å². The van der Waals surface area contributed by atoms with Crippen molar-refractivity contribution in [1.82, 2.24) is 25.1 Å². The van der Waals surface area contributed by atoms with Crippen LogP contribution in [0.5, 0.6) is 11.5 Å². The van der Waals surface area contributed by atoms with Gasteiger partial charge in [-0.3, -0.25) is 0 Å². The van der Waals surface area contributed by atoms with Gasteiger partial charge >= 0.3 is 0 Å². The second-order valence-electron chi connectivity index (χ2n) is 6.91. The molecule has 0 spiro atoms. The Kier molecular flexibility index (Phi) is 5.05. The zero-order chi connectivity index (χ0) is 21.4. The largest absolute Gasteiger partial charge is 0.497 e. The summed E-state index contributed by atoms with van der Waals surface area (Å²) >= 11 is 5.98. The molecule has 0 N–H and O–H groups in total. The number of aromatic nitrogens is 5. The maximum absolute atomic E-state index is 6.04. The molecule has 2 aromatic heterocycles. The van der Waals surface area contributed by atoms with Crippen LogP contribution < -0.4 is 9.47 Å². The Morgan fingerprint density at radius 3 is 2.71 bits per heavy atom. The predicted molar refractivity (Wildman–Crippen MR) is 111 cm³/mol. The number of nitrogens with zero attached hydrogens (tertiary/aromatic N) is 5. The van der Waals surface area contributed by atoms with Gasteiger partial charge in [-0.15, -0.1) is 5.10 Å². The van der Waals surface area contributed by atoms with E-state index in [2.05, 4.69) is 20.5 Å². The molecule has 0 radical (unpaired) electrons. The SMILES string of the molecule is COc1ccc(-c2noc(-c3nnn4c3CO[C@H](c3ccc(Cl)cc3)C4)n2)c(OC)c1. The lowest BCUT2D eigenvalue weighted by Crippen LogP contribution is -2.22. The molecule has 1 aliphatic rings. The van der Waals surface area contributed by atoms with E-state index < -0.39 is 0 Å². The predicted octanol–water partition coefficient (Wildman–Crippen LogP) is 3.94. The summed E-state index contributed by atoms with van der Waals surface area (Å²) in [7, 11) is 3.17. The van der Waals surface area contributed by atoms with E-state index in [1.54, 1.807) is 31.0 Å². The molecule has 2 aromatic carbocycles. The van der Waals surface area contributed by atoms with Crippen LogP contribution in [0.1, 0.15) is 17.4 Å². The topological polar surface area (TPSA) is 97.3 Å². The summed E-state index contributed by atoms with van der Waals surface area (Å²) in [6.07, 6.45) is -0.138. The lowest BCUT2D eigenvalue weighted by Gasteiger charge is -2.24.